The topological polar surface area (TPSA) is 78.2 Å². The van der Waals surface area contributed by atoms with E-state index in [9.17, 15) is 9.59 Å². The lowest BCUT2D eigenvalue weighted by Crippen LogP contribution is -2.31. The highest BCUT2D eigenvalue weighted by atomic mass is 32.1. The van der Waals surface area contributed by atoms with Crippen molar-refractivity contribution in [1.82, 2.24) is 4.90 Å². The van der Waals surface area contributed by atoms with Crippen LogP contribution in [0.2, 0.25) is 0 Å². The second-order valence-corrected chi connectivity index (χ2v) is 8.73. The number of hydrogen-bond donors (Lipinski definition) is 0. The van der Waals surface area contributed by atoms with Crippen molar-refractivity contribution in [1.29, 1.82) is 0 Å². The Balaban J connectivity index is 1.47. The number of methoxy groups -OCH3 is 1. The predicted octanol–water partition coefficient (Wildman–Crippen LogP) is 5.09. The van der Waals surface area contributed by atoms with E-state index in [1.165, 1.54) is 12.0 Å². The lowest BCUT2D eigenvalue weighted by molar-refractivity contribution is 0.0600. The highest BCUT2D eigenvalue weighted by Gasteiger charge is 2.24. The molecule has 7 nitrogen and oxygen atoms in total. The summed E-state index contributed by atoms with van der Waals surface area (Å²) in [5, 5.41) is 2.48. The molecule has 0 N–H and O–H groups in total. The van der Waals surface area contributed by atoms with Crippen LogP contribution in [0.25, 0.3) is 11.0 Å². The Morgan fingerprint density at radius 2 is 1.97 bits per heavy atom. The molecule has 1 aliphatic heterocycles. The molecule has 0 saturated heterocycles. The van der Waals surface area contributed by atoms with Crippen LogP contribution in [0.4, 0.5) is 0 Å². The van der Waals surface area contributed by atoms with Crippen LogP contribution in [-0.2, 0) is 17.8 Å². The Morgan fingerprint density at radius 3 is 2.70 bits per heavy atom. The van der Waals surface area contributed by atoms with Crippen LogP contribution in [0.15, 0.2) is 63.1 Å². The Kier molecular flexibility index (Phi) is 5.62. The number of ether oxygens (including phenoxy) is 3. The van der Waals surface area contributed by atoms with E-state index in [-0.39, 0.29) is 11.2 Å². The lowest BCUT2D eigenvalue weighted by Gasteiger charge is -2.29. The molecule has 4 aromatic rings. The van der Waals surface area contributed by atoms with E-state index in [2.05, 4.69) is 16.3 Å². The fourth-order valence-corrected chi connectivity index (χ4v) is 4.59. The maximum absolute atomic E-state index is 13.3. The van der Waals surface area contributed by atoms with Crippen LogP contribution < -0.4 is 14.9 Å². The minimum absolute atomic E-state index is 0.112. The number of fused-ring (bicyclic) bond motifs is 3. The molecule has 8 heteroatoms. The van der Waals surface area contributed by atoms with Gasteiger partial charge in [0.15, 0.2) is 0 Å². The van der Waals surface area contributed by atoms with Gasteiger partial charge in [-0.15, -0.1) is 11.3 Å². The number of carbonyl (C=O) groups excluding carboxylic acids is 1. The fraction of sp³-hybridized carbons (Fsp3) is 0.200. The van der Waals surface area contributed by atoms with Gasteiger partial charge in [0.25, 0.3) is 0 Å². The standard InChI is InChI=1S/C25H21NO6S/c1-15-23(32-17-7-5-16(6-8-17)25(28)29-2)22(27)19-9-10-21-20(24(19)31-15)13-26(14-30-21)12-18-4-3-11-33-18/h3-11H,12-14H2,1-2H3. The maximum atomic E-state index is 13.3. The van der Waals surface area contributed by atoms with Crippen LogP contribution in [0, 0.1) is 6.92 Å². The number of carbonyl (C=O) groups is 1. The normalized spacial score (nSPS) is 13.4. The van der Waals surface area contributed by atoms with Gasteiger partial charge in [-0.2, -0.15) is 0 Å². The predicted molar refractivity (Wildman–Crippen MR) is 124 cm³/mol. The Hall–Kier alpha value is -3.62. The third kappa shape index (κ3) is 4.10. The summed E-state index contributed by atoms with van der Waals surface area (Å²) in [7, 11) is 1.32. The van der Waals surface area contributed by atoms with Crippen molar-refractivity contribution in [2.75, 3.05) is 13.8 Å². The van der Waals surface area contributed by atoms with E-state index < -0.39 is 5.97 Å². The van der Waals surface area contributed by atoms with Gasteiger partial charge in [0.1, 0.15) is 29.6 Å². The van der Waals surface area contributed by atoms with Crippen molar-refractivity contribution in [3.63, 3.8) is 0 Å². The SMILES string of the molecule is COC(=O)c1ccc(Oc2c(C)oc3c4c(ccc3c2=O)OCN(Cc2cccs2)C4)cc1. The number of hydrogen-bond acceptors (Lipinski definition) is 8. The Labute approximate surface area is 193 Å². The van der Waals surface area contributed by atoms with Gasteiger partial charge < -0.3 is 18.6 Å². The van der Waals surface area contributed by atoms with Crippen molar-refractivity contribution in [3.05, 3.63) is 85.9 Å². The summed E-state index contributed by atoms with van der Waals surface area (Å²) in [5.74, 6) is 1.18. The monoisotopic (exact) mass is 463 g/mol. The molecule has 3 heterocycles. The molecule has 0 bridgehead atoms. The van der Waals surface area contributed by atoms with E-state index in [0.717, 1.165) is 17.9 Å². The maximum Gasteiger partial charge on any atom is 0.337 e. The number of esters is 1. The van der Waals surface area contributed by atoms with Crippen molar-refractivity contribution in [3.8, 4) is 17.2 Å². The van der Waals surface area contributed by atoms with E-state index in [4.69, 9.17) is 18.6 Å². The van der Waals surface area contributed by atoms with Crippen molar-refractivity contribution >= 4 is 28.3 Å². The fourth-order valence-electron chi connectivity index (χ4n) is 3.84. The van der Waals surface area contributed by atoms with Crippen molar-refractivity contribution < 1.29 is 23.4 Å². The minimum Gasteiger partial charge on any atom is -0.478 e. The van der Waals surface area contributed by atoms with Gasteiger partial charge in [-0.25, -0.2) is 4.79 Å². The summed E-state index contributed by atoms with van der Waals surface area (Å²) in [4.78, 5) is 28.3. The summed E-state index contributed by atoms with van der Waals surface area (Å²) in [6.07, 6.45) is 0. The molecule has 0 saturated carbocycles. The zero-order chi connectivity index (χ0) is 22.9. The lowest BCUT2D eigenvalue weighted by atomic mass is 10.1. The second kappa shape index (κ2) is 8.73. The van der Waals surface area contributed by atoms with E-state index in [0.29, 0.717) is 41.3 Å². The molecule has 0 fully saturated rings. The number of thiophene rings is 1. The summed E-state index contributed by atoms with van der Waals surface area (Å²) in [6.45, 7) is 3.55. The first-order valence-corrected chi connectivity index (χ1v) is 11.2. The molecule has 0 amide bonds. The number of aryl methyl sites for hydroxylation is 1. The van der Waals surface area contributed by atoms with Gasteiger partial charge >= 0.3 is 5.97 Å². The Morgan fingerprint density at radius 1 is 1.15 bits per heavy atom. The van der Waals surface area contributed by atoms with E-state index >= 15 is 0 Å². The number of nitrogens with zero attached hydrogens (tertiary/aromatic N) is 1. The molecule has 1 aliphatic rings. The molecule has 168 valence electrons. The minimum atomic E-state index is -0.442. The quantitative estimate of drug-likeness (QED) is 0.381. The molecule has 0 unspecified atom stereocenters. The summed E-state index contributed by atoms with van der Waals surface area (Å²) in [6, 6.07) is 14.0. The average Bonchev–Trinajstić information content (AvgIpc) is 3.34. The van der Waals surface area contributed by atoms with Crippen LogP contribution >= 0.6 is 11.3 Å². The molecule has 33 heavy (non-hydrogen) atoms. The molecule has 5 rings (SSSR count). The van der Waals surface area contributed by atoms with E-state index in [1.54, 1.807) is 54.7 Å². The molecular weight excluding hydrogens is 442 g/mol. The highest BCUT2D eigenvalue weighted by molar-refractivity contribution is 7.09. The summed E-state index contributed by atoms with van der Waals surface area (Å²) in [5.41, 5.74) is 1.50. The first-order valence-electron chi connectivity index (χ1n) is 10.4. The summed E-state index contributed by atoms with van der Waals surface area (Å²) >= 11 is 1.70. The van der Waals surface area contributed by atoms with Gasteiger partial charge in [0.05, 0.1) is 23.6 Å². The third-order valence-corrected chi connectivity index (χ3v) is 6.34. The number of rotatable bonds is 5. The van der Waals surface area contributed by atoms with Crippen molar-refractivity contribution in [2.45, 2.75) is 20.0 Å². The molecule has 2 aromatic heterocycles. The molecule has 0 radical (unpaired) electrons. The zero-order valence-electron chi connectivity index (χ0n) is 18.1. The summed E-state index contributed by atoms with van der Waals surface area (Å²) < 4.78 is 22.6. The average molecular weight is 464 g/mol. The van der Waals surface area contributed by atoms with Gasteiger partial charge in [-0.1, -0.05) is 6.07 Å². The van der Waals surface area contributed by atoms with Crippen molar-refractivity contribution in [2.24, 2.45) is 0 Å². The van der Waals surface area contributed by atoms with Gasteiger partial charge in [0, 0.05) is 18.0 Å². The van der Waals surface area contributed by atoms with Gasteiger partial charge in [0.2, 0.25) is 11.2 Å². The molecule has 0 atom stereocenters. The van der Waals surface area contributed by atoms with Gasteiger partial charge in [-0.3, -0.25) is 9.69 Å². The molecule has 2 aromatic carbocycles. The third-order valence-electron chi connectivity index (χ3n) is 5.48. The highest BCUT2D eigenvalue weighted by Crippen LogP contribution is 2.34. The zero-order valence-corrected chi connectivity index (χ0v) is 18.9. The van der Waals surface area contributed by atoms with Gasteiger partial charge in [-0.05, 0) is 54.8 Å². The second-order valence-electron chi connectivity index (χ2n) is 7.69. The molecular formula is C25H21NO6S. The molecule has 0 spiro atoms. The smallest absolute Gasteiger partial charge is 0.337 e. The molecule has 0 aliphatic carbocycles. The van der Waals surface area contributed by atoms with E-state index in [1.807, 2.05) is 6.07 Å². The largest absolute Gasteiger partial charge is 0.478 e. The number of benzene rings is 2. The van der Waals surface area contributed by atoms with Crippen LogP contribution in [-0.4, -0.2) is 24.7 Å². The van der Waals surface area contributed by atoms with Crippen LogP contribution in [0.3, 0.4) is 0 Å². The first-order chi connectivity index (χ1) is 16.0. The van der Waals surface area contributed by atoms with Crippen LogP contribution in [0.1, 0.15) is 26.6 Å². The Bertz CT molecular complexity index is 1380. The van der Waals surface area contributed by atoms with Crippen LogP contribution in [0.5, 0.6) is 17.2 Å². The first kappa shape index (κ1) is 21.2.